The number of cyclic esters (lactones) is 1. The second kappa shape index (κ2) is 20.7. The van der Waals surface area contributed by atoms with E-state index in [4.69, 9.17) is 4.74 Å². The number of unbranched alkanes of at least 4 members (excludes halogenated alkanes) is 19. The topological polar surface area (TPSA) is 26.3 Å². The zero-order chi connectivity index (χ0) is 20.8. The Labute approximate surface area is 182 Å². The third-order valence-corrected chi connectivity index (χ3v) is 6.58. The quantitative estimate of drug-likeness (QED) is 0.140. The van der Waals surface area contributed by atoms with Crippen LogP contribution in [0.4, 0.5) is 0 Å². The molecule has 2 nitrogen and oxygen atoms in total. The standard InChI is InChI=1S/C27H52O2/c1-2-3-4-5-6-7-8-9-10-11-12-13-14-15-16-17-18-19-20-21-23-26-24-22-25-27(28)29-26/h26H,2-25H2,1H3. The van der Waals surface area contributed by atoms with Gasteiger partial charge in [0.05, 0.1) is 0 Å². The number of hydrogen-bond acceptors (Lipinski definition) is 2. The van der Waals surface area contributed by atoms with E-state index in [9.17, 15) is 4.79 Å². The fraction of sp³-hybridized carbons (Fsp3) is 0.963. The molecule has 0 aliphatic carbocycles. The number of ether oxygens (including phenoxy) is 1. The molecule has 1 heterocycles. The van der Waals surface area contributed by atoms with Crippen molar-refractivity contribution >= 4 is 5.97 Å². The van der Waals surface area contributed by atoms with Crippen molar-refractivity contribution < 1.29 is 9.53 Å². The first-order chi connectivity index (χ1) is 14.3. The Kier molecular flexibility index (Phi) is 18.9. The molecule has 0 amide bonds. The Bertz CT molecular complexity index is 352. The van der Waals surface area contributed by atoms with Crippen LogP contribution >= 0.6 is 0 Å². The molecule has 0 bridgehead atoms. The van der Waals surface area contributed by atoms with Gasteiger partial charge in [-0.3, -0.25) is 4.79 Å². The molecular weight excluding hydrogens is 356 g/mol. The molecule has 1 fully saturated rings. The maximum atomic E-state index is 11.3. The summed E-state index contributed by atoms with van der Waals surface area (Å²) in [5, 5.41) is 0. The summed E-state index contributed by atoms with van der Waals surface area (Å²) in [5.41, 5.74) is 0. The van der Waals surface area contributed by atoms with Gasteiger partial charge >= 0.3 is 5.97 Å². The van der Waals surface area contributed by atoms with Crippen LogP contribution in [0, 0.1) is 0 Å². The fourth-order valence-corrected chi connectivity index (χ4v) is 4.61. The van der Waals surface area contributed by atoms with E-state index in [1.54, 1.807) is 0 Å². The summed E-state index contributed by atoms with van der Waals surface area (Å²) in [6, 6.07) is 0. The minimum Gasteiger partial charge on any atom is -0.462 e. The Balaban J connectivity index is 1.66. The molecule has 29 heavy (non-hydrogen) atoms. The van der Waals surface area contributed by atoms with Crippen molar-refractivity contribution in [1.29, 1.82) is 0 Å². The van der Waals surface area contributed by atoms with Gasteiger partial charge in [0, 0.05) is 6.42 Å². The average Bonchev–Trinajstić information content (AvgIpc) is 2.72. The largest absolute Gasteiger partial charge is 0.462 e. The van der Waals surface area contributed by atoms with E-state index in [2.05, 4.69) is 6.92 Å². The maximum absolute atomic E-state index is 11.3. The van der Waals surface area contributed by atoms with Crippen molar-refractivity contribution in [2.24, 2.45) is 0 Å². The van der Waals surface area contributed by atoms with Crippen molar-refractivity contribution in [2.45, 2.75) is 167 Å². The van der Waals surface area contributed by atoms with Crippen LogP contribution in [0.1, 0.15) is 161 Å². The summed E-state index contributed by atoms with van der Waals surface area (Å²) in [6.07, 6.45) is 32.5. The van der Waals surface area contributed by atoms with E-state index in [0.29, 0.717) is 6.42 Å². The number of carbonyl (C=O) groups is 1. The molecule has 1 aliphatic heterocycles. The summed E-state index contributed by atoms with van der Waals surface area (Å²) < 4.78 is 5.39. The Morgan fingerprint density at radius 2 is 1.00 bits per heavy atom. The van der Waals surface area contributed by atoms with Crippen molar-refractivity contribution in [2.75, 3.05) is 0 Å². The van der Waals surface area contributed by atoms with Crippen LogP contribution in [0.3, 0.4) is 0 Å². The Hall–Kier alpha value is -0.530. The van der Waals surface area contributed by atoms with Gasteiger partial charge in [-0.15, -0.1) is 0 Å². The summed E-state index contributed by atoms with van der Waals surface area (Å²) in [5.74, 6) is 0.0226. The number of hydrogen-bond donors (Lipinski definition) is 0. The molecule has 0 aromatic heterocycles. The third-order valence-electron chi connectivity index (χ3n) is 6.58. The SMILES string of the molecule is CCCCCCCCCCCCCCCCCCCCCCC1CCCC(=O)O1. The molecule has 1 rings (SSSR count). The summed E-state index contributed by atoms with van der Waals surface area (Å²) in [7, 11) is 0. The van der Waals surface area contributed by atoms with Crippen LogP contribution in [0.15, 0.2) is 0 Å². The van der Waals surface area contributed by atoms with E-state index in [1.807, 2.05) is 0 Å². The van der Waals surface area contributed by atoms with Crippen molar-refractivity contribution in [3.05, 3.63) is 0 Å². The monoisotopic (exact) mass is 408 g/mol. The number of esters is 1. The van der Waals surface area contributed by atoms with Crippen LogP contribution in [0.2, 0.25) is 0 Å². The van der Waals surface area contributed by atoms with Crippen LogP contribution in [0.25, 0.3) is 0 Å². The van der Waals surface area contributed by atoms with E-state index in [0.717, 1.165) is 19.3 Å². The normalized spacial score (nSPS) is 16.9. The van der Waals surface area contributed by atoms with Crippen LogP contribution in [0.5, 0.6) is 0 Å². The van der Waals surface area contributed by atoms with E-state index in [-0.39, 0.29) is 12.1 Å². The van der Waals surface area contributed by atoms with E-state index in [1.165, 1.54) is 128 Å². The second-order valence-electron chi connectivity index (χ2n) is 9.51. The first-order valence-electron chi connectivity index (χ1n) is 13.5. The van der Waals surface area contributed by atoms with E-state index >= 15 is 0 Å². The van der Waals surface area contributed by atoms with Gasteiger partial charge in [0.2, 0.25) is 0 Å². The van der Waals surface area contributed by atoms with Gasteiger partial charge in [0.25, 0.3) is 0 Å². The Morgan fingerprint density at radius 3 is 1.38 bits per heavy atom. The molecule has 1 aliphatic rings. The Morgan fingerprint density at radius 1 is 0.621 bits per heavy atom. The minimum absolute atomic E-state index is 0.0226. The van der Waals surface area contributed by atoms with E-state index < -0.39 is 0 Å². The highest BCUT2D eigenvalue weighted by atomic mass is 16.5. The van der Waals surface area contributed by atoms with Crippen molar-refractivity contribution in [1.82, 2.24) is 0 Å². The molecular formula is C27H52O2. The molecule has 1 saturated heterocycles. The minimum atomic E-state index is 0.0226. The smallest absolute Gasteiger partial charge is 0.306 e. The number of rotatable bonds is 21. The van der Waals surface area contributed by atoms with Gasteiger partial charge in [-0.1, -0.05) is 129 Å². The van der Waals surface area contributed by atoms with Gasteiger partial charge in [-0.05, 0) is 25.7 Å². The molecule has 0 aromatic carbocycles. The van der Waals surface area contributed by atoms with Gasteiger partial charge in [-0.2, -0.15) is 0 Å². The highest BCUT2D eigenvalue weighted by Crippen LogP contribution is 2.20. The highest BCUT2D eigenvalue weighted by Gasteiger charge is 2.19. The lowest BCUT2D eigenvalue weighted by Crippen LogP contribution is -2.23. The predicted octanol–water partition coefficient (Wildman–Crippen LogP) is 9.29. The highest BCUT2D eigenvalue weighted by molar-refractivity contribution is 5.70. The van der Waals surface area contributed by atoms with Gasteiger partial charge in [0.1, 0.15) is 6.10 Å². The molecule has 2 heteroatoms. The molecule has 172 valence electrons. The summed E-state index contributed by atoms with van der Waals surface area (Å²) in [4.78, 5) is 11.3. The first kappa shape index (κ1) is 26.5. The summed E-state index contributed by atoms with van der Waals surface area (Å²) in [6.45, 7) is 2.29. The van der Waals surface area contributed by atoms with Gasteiger partial charge in [0.15, 0.2) is 0 Å². The van der Waals surface area contributed by atoms with Crippen molar-refractivity contribution in [3.8, 4) is 0 Å². The van der Waals surface area contributed by atoms with Crippen LogP contribution < -0.4 is 0 Å². The molecule has 1 atom stereocenters. The average molecular weight is 409 g/mol. The van der Waals surface area contributed by atoms with Gasteiger partial charge in [-0.25, -0.2) is 0 Å². The molecule has 1 unspecified atom stereocenters. The molecule has 0 saturated carbocycles. The molecule has 0 aromatic rings. The van der Waals surface area contributed by atoms with Gasteiger partial charge < -0.3 is 4.74 Å². The lowest BCUT2D eigenvalue weighted by atomic mass is 10.0. The van der Waals surface area contributed by atoms with Crippen molar-refractivity contribution in [3.63, 3.8) is 0 Å². The zero-order valence-corrected chi connectivity index (χ0v) is 19.9. The van der Waals surface area contributed by atoms with Crippen LogP contribution in [-0.4, -0.2) is 12.1 Å². The third kappa shape index (κ3) is 18.0. The zero-order valence-electron chi connectivity index (χ0n) is 19.9. The maximum Gasteiger partial charge on any atom is 0.306 e. The first-order valence-corrected chi connectivity index (χ1v) is 13.5. The summed E-state index contributed by atoms with van der Waals surface area (Å²) >= 11 is 0. The lowest BCUT2D eigenvalue weighted by molar-refractivity contribution is -0.154. The van der Waals surface area contributed by atoms with Crippen LogP contribution in [-0.2, 0) is 9.53 Å². The fourth-order valence-electron chi connectivity index (χ4n) is 4.61. The number of carbonyl (C=O) groups excluding carboxylic acids is 1. The predicted molar refractivity (Wildman–Crippen MR) is 126 cm³/mol. The second-order valence-corrected chi connectivity index (χ2v) is 9.51. The molecule has 0 spiro atoms. The molecule has 0 radical (unpaired) electrons. The molecule has 0 N–H and O–H groups in total. The lowest BCUT2D eigenvalue weighted by Gasteiger charge is -2.21.